The molecule has 0 aliphatic rings. The molecule has 0 radical (unpaired) electrons. The number of carbonyl (C=O) groups excluding carboxylic acids is 1. The number of aromatic nitrogens is 1. The van der Waals surface area contributed by atoms with E-state index in [1.54, 1.807) is 12.3 Å². The van der Waals surface area contributed by atoms with Crippen molar-refractivity contribution in [3.63, 3.8) is 0 Å². The number of hydrogen-bond acceptors (Lipinski definition) is 4. The fraction of sp³-hybridized carbons (Fsp3) is 0.238. The number of nitrogens with one attached hydrogen (secondary N) is 1. The molecule has 1 N–H and O–H groups in total. The van der Waals surface area contributed by atoms with E-state index in [9.17, 15) is 4.79 Å². The first kappa shape index (κ1) is 17.7. The Morgan fingerprint density at radius 3 is 2.65 bits per heavy atom. The van der Waals surface area contributed by atoms with Gasteiger partial charge in [-0.05, 0) is 49.7 Å². The number of pyridine rings is 1. The third-order valence-electron chi connectivity index (χ3n) is 3.87. The Morgan fingerprint density at radius 1 is 1.00 bits per heavy atom. The smallest absolute Gasteiger partial charge is 0.259 e. The summed E-state index contributed by atoms with van der Waals surface area (Å²) in [5.74, 6) is 1.07. The molecule has 0 saturated carbocycles. The minimum absolute atomic E-state index is 0.217. The van der Waals surface area contributed by atoms with Crippen molar-refractivity contribution in [2.75, 3.05) is 18.5 Å². The van der Waals surface area contributed by atoms with Gasteiger partial charge in [0.25, 0.3) is 5.91 Å². The molecule has 1 heterocycles. The topological polar surface area (TPSA) is 60.5 Å². The molecule has 5 heteroatoms. The van der Waals surface area contributed by atoms with Gasteiger partial charge in [0.15, 0.2) is 0 Å². The van der Waals surface area contributed by atoms with Crippen molar-refractivity contribution in [2.45, 2.75) is 20.3 Å². The van der Waals surface area contributed by atoms with E-state index in [-0.39, 0.29) is 5.91 Å². The Labute approximate surface area is 153 Å². The summed E-state index contributed by atoms with van der Waals surface area (Å²) in [5.41, 5.74) is 1.92. The molecule has 3 aromatic rings. The largest absolute Gasteiger partial charge is 0.493 e. The number of nitrogens with zero attached hydrogens (tertiary/aromatic N) is 1. The van der Waals surface area contributed by atoms with Crippen molar-refractivity contribution < 1.29 is 14.3 Å². The van der Waals surface area contributed by atoms with Crippen molar-refractivity contribution in [3.05, 3.63) is 60.3 Å². The maximum atomic E-state index is 12.8. The van der Waals surface area contributed by atoms with E-state index < -0.39 is 0 Å². The van der Waals surface area contributed by atoms with E-state index in [2.05, 4.69) is 10.3 Å². The lowest BCUT2D eigenvalue weighted by atomic mass is 10.1. The number of carbonyl (C=O) groups is 1. The van der Waals surface area contributed by atoms with E-state index in [0.29, 0.717) is 36.0 Å². The first-order valence-electron chi connectivity index (χ1n) is 8.78. The van der Waals surface area contributed by atoms with Crippen LogP contribution in [-0.4, -0.2) is 24.1 Å². The van der Waals surface area contributed by atoms with Gasteiger partial charge in [-0.3, -0.25) is 9.78 Å². The lowest BCUT2D eigenvalue weighted by Gasteiger charge is -2.14. The Morgan fingerprint density at radius 2 is 1.85 bits per heavy atom. The van der Waals surface area contributed by atoms with Gasteiger partial charge in [-0.2, -0.15) is 0 Å². The molecule has 3 rings (SSSR count). The number of amides is 1. The average molecular weight is 350 g/mol. The van der Waals surface area contributed by atoms with Crippen LogP contribution in [0.4, 0.5) is 5.69 Å². The third kappa shape index (κ3) is 3.77. The molecule has 1 amide bonds. The van der Waals surface area contributed by atoms with Crippen LogP contribution in [0.5, 0.6) is 11.5 Å². The third-order valence-corrected chi connectivity index (χ3v) is 3.87. The highest BCUT2D eigenvalue weighted by Crippen LogP contribution is 2.31. The molecular weight excluding hydrogens is 328 g/mol. The van der Waals surface area contributed by atoms with Crippen LogP contribution in [0.3, 0.4) is 0 Å². The van der Waals surface area contributed by atoms with Crippen molar-refractivity contribution in [3.8, 4) is 11.5 Å². The molecule has 0 aliphatic carbocycles. The minimum atomic E-state index is -0.217. The number of benzene rings is 2. The molecule has 0 atom stereocenters. The maximum Gasteiger partial charge on any atom is 0.259 e. The Balaban J connectivity index is 1.92. The Bertz CT molecular complexity index is 909. The maximum absolute atomic E-state index is 12.8. The van der Waals surface area contributed by atoms with Crippen LogP contribution in [0.15, 0.2) is 54.7 Å². The zero-order chi connectivity index (χ0) is 18.4. The van der Waals surface area contributed by atoms with Gasteiger partial charge in [0.05, 0.1) is 24.5 Å². The fourth-order valence-electron chi connectivity index (χ4n) is 2.71. The predicted octanol–water partition coefficient (Wildman–Crippen LogP) is 4.67. The predicted molar refractivity (Wildman–Crippen MR) is 103 cm³/mol. The van der Waals surface area contributed by atoms with Gasteiger partial charge in [0.2, 0.25) is 0 Å². The fourth-order valence-corrected chi connectivity index (χ4v) is 2.71. The van der Waals surface area contributed by atoms with Gasteiger partial charge < -0.3 is 14.8 Å². The molecule has 0 spiro atoms. The number of ether oxygens (including phenoxy) is 2. The number of fused-ring (bicyclic) bond motifs is 1. The van der Waals surface area contributed by atoms with Crippen LogP contribution in [0.25, 0.3) is 10.9 Å². The molecule has 1 aromatic heterocycles. The summed E-state index contributed by atoms with van der Waals surface area (Å²) in [6, 6.07) is 14.7. The molecule has 5 nitrogen and oxygen atoms in total. The highest BCUT2D eigenvalue weighted by Gasteiger charge is 2.15. The highest BCUT2D eigenvalue weighted by molar-refractivity contribution is 6.10. The Kier molecular flexibility index (Phi) is 5.69. The van der Waals surface area contributed by atoms with Crippen LogP contribution in [0.1, 0.15) is 30.6 Å². The highest BCUT2D eigenvalue weighted by atomic mass is 16.5. The number of anilines is 1. The monoisotopic (exact) mass is 350 g/mol. The molecular formula is C21H22N2O3. The van der Waals surface area contributed by atoms with Crippen molar-refractivity contribution in [1.29, 1.82) is 0 Å². The molecule has 0 bridgehead atoms. The van der Waals surface area contributed by atoms with Gasteiger partial charge in [-0.15, -0.1) is 0 Å². The van der Waals surface area contributed by atoms with Crippen molar-refractivity contribution in [2.24, 2.45) is 0 Å². The molecule has 2 aromatic carbocycles. The lowest BCUT2D eigenvalue weighted by molar-refractivity contribution is 0.102. The van der Waals surface area contributed by atoms with E-state index >= 15 is 0 Å². The van der Waals surface area contributed by atoms with E-state index in [4.69, 9.17) is 9.47 Å². The second kappa shape index (κ2) is 8.34. The van der Waals surface area contributed by atoms with Crippen molar-refractivity contribution >= 4 is 22.5 Å². The second-order valence-corrected chi connectivity index (χ2v) is 5.74. The second-order valence-electron chi connectivity index (χ2n) is 5.74. The van der Waals surface area contributed by atoms with Crippen LogP contribution in [-0.2, 0) is 0 Å². The number of para-hydroxylation sites is 1. The van der Waals surface area contributed by atoms with Crippen molar-refractivity contribution in [1.82, 2.24) is 4.98 Å². The van der Waals surface area contributed by atoms with Gasteiger partial charge in [0.1, 0.15) is 17.0 Å². The van der Waals surface area contributed by atoms with Crippen LogP contribution in [0.2, 0.25) is 0 Å². The van der Waals surface area contributed by atoms with E-state index in [0.717, 1.165) is 17.3 Å². The number of hydrogen-bond donors (Lipinski definition) is 1. The van der Waals surface area contributed by atoms with Gasteiger partial charge >= 0.3 is 0 Å². The zero-order valence-electron chi connectivity index (χ0n) is 15.0. The van der Waals surface area contributed by atoms with Gasteiger partial charge in [-0.1, -0.05) is 19.1 Å². The number of rotatable bonds is 7. The molecule has 0 fully saturated rings. The minimum Gasteiger partial charge on any atom is -0.493 e. The lowest BCUT2D eigenvalue weighted by Crippen LogP contribution is -2.14. The van der Waals surface area contributed by atoms with E-state index in [1.165, 1.54) is 0 Å². The average Bonchev–Trinajstić information content (AvgIpc) is 2.68. The molecule has 0 unspecified atom stereocenters. The van der Waals surface area contributed by atoms with Crippen LogP contribution >= 0.6 is 0 Å². The SMILES string of the molecule is CCCOc1ccccc1C(=O)Nc1ccc(OCC)c2ncccc12. The Hall–Kier alpha value is -3.08. The summed E-state index contributed by atoms with van der Waals surface area (Å²) in [4.78, 5) is 17.2. The van der Waals surface area contributed by atoms with E-state index in [1.807, 2.05) is 56.3 Å². The molecule has 0 aliphatic heterocycles. The quantitative estimate of drug-likeness (QED) is 0.672. The molecule has 134 valence electrons. The standard InChI is InChI=1S/C21H22N2O3/c1-3-14-26-18-10-6-5-8-16(18)21(24)23-17-11-12-19(25-4-2)20-15(17)9-7-13-22-20/h5-13H,3-4,14H2,1-2H3,(H,23,24). The summed E-state index contributed by atoms with van der Waals surface area (Å²) in [7, 11) is 0. The van der Waals surface area contributed by atoms with Crippen LogP contribution in [0, 0.1) is 0 Å². The normalized spacial score (nSPS) is 10.5. The van der Waals surface area contributed by atoms with Gasteiger partial charge in [-0.25, -0.2) is 0 Å². The summed E-state index contributed by atoms with van der Waals surface area (Å²) < 4.78 is 11.3. The summed E-state index contributed by atoms with van der Waals surface area (Å²) >= 11 is 0. The molecule has 26 heavy (non-hydrogen) atoms. The van der Waals surface area contributed by atoms with Gasteiger partial charge in [0, 0.05) is 11.6 Å². The summed E-state index contributed by atoms with van der Waals surface area (Å²) in [5, 5.41) is 3.81. The first-order valence-corrected chi connectivity index (χ1v) is 8.78. The zero-order valence-corrected chi connectivity index (χ0v) is 15.0. The van der Waals surface area contributed by atoms with Crippen LogP contribution < -0.4 is 14.8 Å². The summed E-state index contributed by atoms with van der Waals surface area (Å²) in [6.45, 7) is 5.08. The first-order chi connectivity index (χ1) is 12.7. The molecule has 0 saturated heterocycles. The summed E-state index contributed by atoms with van der Waals surface area (Å²) in [6.07, 6.45) is 2.59.